The lowest BCUT2D eigenvalue weighted by Crippen LogP contribution is -2.41. The minimum Gasteiger partial charge on any atom is -0.490 e. The van der Waals surface area contributed by atoms with Gasteiger partial charge in [0.15, 0.2) is 0 Å². The molecule has 1 rings (SSSR count). The molecule has 20 heavy (non-hydrogen) atoms. The van der Waals surface area contributed by atoms with Crippen LogP contribution in [-0.4, -0.2) is 55.9 Å². The number of likely N-dealkylation sites (N-methyl/N-ethyl adjacent to an activating group) is 1. The van der Waals surface area contributed by atoms with Gasteiger partial charge in [0.05, 0.1) is 0 Å². The minimum absolute atomic E-state index is 0.313. The average Bonchev–Trinajstić information content (AvgIpc) is 2.35. The highest BCUT2D eigenvalue weighted by Gasteiger charge is 2.10. The summed E-state index contributed by atoms with van der Waals surface area (Å²) in [5, 5.41) is 13.3. The lowest BCUT2D eigenvalue weighted by Gasteiger charge is -2.21. The summed E-state index contributed by atoms with van der Waals surface area (Å²) in [6.07, 6.45) is -0.501. The molecule has 0 aliphatic carbocycles. The zero-order valence-electron chi connectivity index (χ0n) is 13.3. The first-order valence-corrected chi connectivity index (χ1v) is 7.15. The van der Waals surface area contributed by atoms with Gasteiger partial charge in [-0.25, -0.2) is 0 Å². The number of nitrogens with one attached hydrogen (secondary N) is 1. The molecular weight excluding hydrogens is 252 g/mol. The van der Waals surface area contributed by atoms with Crippen molar-refractivity contribution in [1.29, 1.82) is 0 Å². The van der Waals surface area contributed by atoms with Crippen LogP contribution in [0.5, 0.6) is 5.75 Å². The number of rotatable bonds is 8. The monoisotopic (exact) mass is 280 g/mol. The first-order valence-electron chi connectivity index (χ1n) is 7.15. The highest BCUT2D eigenvalue weighted by molar-refractivity contribution is 5.39. The Balaban J connectivity index is 2.35. The van der Waals surface area contributed by atoms with Crippen LogP contribution < -0.4 is 10.1 Å². The SMILES string of the molecule is Cc1cccc(C)c1OCC(O)CNC(C)CN(C)C. The molecular formula is C16H28N2O2. The third-order valence-corrected chi connectivity index (χ3v) is 3.17. The fourth-order valence-electron chi connectivity index (χ4n) is 2.21. The smallest absolute Gasteiger partial charge is 0.125 e. The number of aliphatic hydroxyl groups excluding tert-OH is 1. The predicted octanol–water partition coefficient (Wildman–Crippen LogP) is 1.58. The maximum Gasteiger partial charge on any atom is 0.125 e. The molecule has 2 unspecified atom stereocenters. The number of nitrogens with zero attached hydrogens (tertiary/aromatic N) is 1. The number of aliphatic hydroxyl groups is 1. The lowest BCUT2D eigenvalue weighted by atomic mass is 10.1. The van der Waals surface area contributed by atoms with Crippen LogP contribution in [0.2, 0.25) is 0 Å². The molecule has 0 saturated heterocycles. The molecule has 0 aliphatic heterocycles. The number of benzene rings is 1. The van der Waals surface area contributed by atoms with Gasteiger partial charge in [-0.1, -0.05) is 18.2 Å². The predicted molar refractivity (Wildman–Crippen MR) is 83.4 cm³/mol. The van der Waals surface area contributed by atoms with E-state index in [1.54, 1.807) is 0 Å². The average molecular weight is 280 g/mol. The Morgan fingerprint density at radius 1 is 1.25 bits per heavy atom. The van der Waals surface area contributed by atoms with Crippen LogP contribution in [0, 0.1) is 13.8 Å². The van der Waals surface area contributed by atoms with E-state index in [-0.39, 0.29) is 0 Å². The summed E-state index contributed by atoms with van der Waals surface area (Å²) in [7, 11) is 4.08. The highest BCUT2D eigenvalue weighted by atomic mass is 16.5. The van der Waals surface area contributed by atoms with Gasteiger partial charge in [-0.05, 0) is 46.0 Å². The number of hydrogen-bond donors (Lipinski definition) is 2. The molecule has 114 valence electrons. The van der Waals surface area contributed by atoms with E-state index in [0.29, 0.717) is 19.2 Å². The molecule has 1 aromatic carbocycles. The molecule has 0 aromatic heterocycles. The molecule has 1 aromatic rings. The van der Waals surface area contributed by atoms with Gasteiger partial charge < -0.3 is 20.1 Å². The van der Waals surface area contributed by atoms with Crippen LogP contribution in [0.3, 0.4) is 0 Å². The van der Waals surface area contributed by atoms with Crippen molar-refractivity contribution in [3.8, 4) is 5.75 Å². The fraction of sp³-hybridized carbons (Fsp3) is 0.625. The van der Waals surface area contributed by atoms with E-state index in [9.17, 15) is 5.11 Å². The van der Waals surface area contributed by atoms with Crippen molar-refractivity contribution in [3.05, 3.63) is 29.3 Å². The second-order valence-electron chi connectivity index (χ2n) is 5.76. The number of hydrogen-bond acceptors (Lipinski definition) is 4. The molecule has 0 radical (unpaired) electrons. The Kier molecular flexibility index (Phi) is 6.99. The van der Waals surface area contributed by atoms with Crippen LogP contribution in [0.25, 0.3) is 0 Å². The summed E-state index contributed by atoms with van der Waals surface area (Å²) in [6, 6.07) is 6.40. The first-order chi connectivity index (χ1) is 9.40. The van der Waals surface area contributed by atoms with Gasteiger partial charge in [0.1, 0.15) is 18.5 Å². The fourth-order valence-corrected chi connectivity index (χ4v) is 2.21. The van der Waals surface area contributed by atoms with Crippen molar-refractivity contribution in [1.82, 2.24) is 10.2 Å². The maximum absolute atomic E-state index is 9.97. The number of para-hydroxylation sites is 1. The van der Waals surface area contributed by atoms with Gasteiger partial charge in [-0.2, -0.15) is 0 Å². The maximum atomic E-state index is 9.97. The Hall–Kier alpha value is -1.10. The van der Waals surface area contributed by atoms with Crippen molar-refractivity contribution < 1.29 is 9.84 Å². The number of ether oxygens (including phenoxy) is 1. The van der Waals surface area contributed by atoms with Gasteiger partial charge in [0, 0.05) is 19.1 Å². The highest BCUT2D eigenvalue weighted by Crippen LogP contribution is 2.22. The molecule has 0 bridgehead atoms. The van der Waals surface area contributed by atoms with Crippen LogP contribution in [0.1, 0.15) is 18.1 Å². The van der Waals surface area contributed by atoms with E-state index in [0.717, 1.165) is 23.4 Å². The normalized spacial score (nSPS) is 14.3. The summed E-state index contributed by atoms with van der Waals surface area (Å²) < 4.78 is 5.74. The van der Waals surface area contributed by atoms with E-state index in [1.807, 2.05) is 46.1 Å². The Morgan fingerprint density at radius 3 is 2.40 bits per heavy atom. The summed E-state index contributed by atoms with van der Waals surface area (Å²) in [6.45, 7) is 7.95. The van der Waals surface area contributed by atoms with Crippen LogP contribution in [-0.2, 0) is 0 Å². The largest absolute Gasteiger partial charge is 0.490 e. The molecule has 0 amide bonds. The molecule has 2 atom stereocenters. The Labute approximate surface area is 122 Å². The van der Waals surface area contributed by atoms with Crippen molar-refractivity contribution in [3.63, 3.8) is 0 Å². The summed E-state index contributed by atoms with van der Waals surface area (Å²) in [5.41, 5.74) is 2.21. The van der Waals surface area contributed by atoms with Crippen molar-refractivity contribution >= 4 is 0 Å². The summed E-state index contributed by atoms with van der Waals surface area (Å²) >= 11 is 0. The molecule has 4 nitrogen and oxygen atoms in total. The second-order valence-corrected chi connectivity index (χ2v) is 5.76. The van der Waals surface area contributed by atoms with Gasteiger partial charge in [0.2, 0.25) is 0 Å². The number of aryl methyl sites for hydroxylation is 2. The summed E-state index contributed by atoms with van der Waals surface area (Å²) in [4.78, 5) is 2.12. The quantitative estimate of drug-likeness (QED) is 0.759. The van der Waals surface area contributed by atoms with Gasteiger partial charge >= 0.3 is 0 Å². The zero-order chi connectivity index (χ0) is 15.1. The van der Waals surface area contributed by atoms with Crippen molar-refractivity contribution in [2.75, 3.05) is 33.8 Å². The lowest BCUT2D eigenvalue weighted by molar-refractivity contribution is 0.102. The van der Waals surface area contributed by atoms with Gasteiger partial charge in [-0.3, -0.25) is 0 Å². The molecule has 0 saturated carbocycles. The topological polar surface area (TPSA) is 44.7 Å². The van der Waals surface area contributed by atoms with Crippen LogP contribution in [0.15, 0.2) is 18.2 Å². The van der Waals surface area contributed by atoms with Crippen LogP contribution in [0.4, 0.5) is 0 Å². The molecule has 2 N–H and O–H groups in total. The third-order valence-electron chi connectivity index (χ3n) is 3.17. The van der Waals surface area contributed by atoms with Gasteiger partial charge in [-0.15, -0.1) is 0 Å². The zero-order valence-corrected chi connectivity index (χ0v) is 13.3. The van der Waals surface area contributed by atoms with Crippen molar-refractivity contribution in [2.45, 2.75) is 32.9 Å². The van der Waals surface area contributed by atoms with E-state index in [2.05, 4.69) is 17.1 Å². The second kappa shape index (κ2) is 8.25. The molecule has 0 heterocycles. The van der Waals surface area contributed by atoms with Gasteiger partial charge in [0.25, 0.3) is 0 Å². The van der Waals surface area contributed by atoms with E-state index < -0.39 is 6.10 Å². The minimum atomic E-state index is -0.501. The molecule has 0 fully saturated rings. The first kappa shape index (κ1) is 17.0. The molecule has 0 aliphatic rings. The standard InChI is InChI=1S/C16H28N2O2/c1-12-7-6-8-13(2)16(12)20-11-15(19)9-17-14(3)10-18(4)5/h6-8,14-15,17,19H,9-11H2,1-5H3. The van der Waals surface area contributed by atoms with Crippen molar-refractivity contribution in [2.24, 2.45) is 0 Å². The Bertz CT molecular complexity index is 387. The molecule has 4 heteroatoms. The van der Waals surface area contributed by atoms with E-state index in [1.165, 1.54) is 0 Å². The molecule has 0 spiro atoms. The Morgan fingerprint density at radius 2 is 1.85 bits per heavy atom. The van der Waals surface area contributed by atoms with Crippen LogP contribution >= 0.6 is 0 Å². The van der Waals surface area contributed by atoms with E-state index in [4.69, 9.17) is 4.74 Å². The third kappa shape index (κ3) is 5.90. The van der Waals surface area contributed by atoms with E-state index >= 15 is 0 Å². The summed E-state index contributed by atoms with van der Waals surface area (Å²) in [5.74, 6) is 0.882.